The normalized spacial score (nSPS) is 13.2. The van der Waals surface area contributed by atoms with Crippen LogP contribution in [-0.2, 0) is 0 Å². The molecule has 0 amide bonds. The van der Waals surface area contributed by atoms with Crippen molar-refractivity contribution in [2.75, 3.05) is 0 Å². The first-order valence-corrected chi connectivity index (χ1v) is 5.85. The van der Waals surface area contributed by atoms with Crippen LogP contribution in [0.2, 0.25) is 0 Å². The van der Waals surface area contributed by atoms with Gasteiger partial charge in [0.15, 0.2) is 0 Å². The van der Waals surface area contributed by atoms with E-state index >= 15 is 0 Å². The Kier molecular flexibility index (Phi) is 6.78. The van der Waals surface area contributed by atoms with Gasteiger partial charge >= 0.3 is 0 Å². The molecule has 16 heavy (non-hydrogen) atoms. The lowest BCUT2D eigenvalue weighted by Gasteiger charge is -2.16. The zero-order valence-corrected chi connectivity index (χ0v) is 11.2. The van der Waals surface area contributed by atoms with Crippen LogP contribution < -0.4 is 0 Å². The second-order valence-electron chi connectivity index (χ2n) is 5.31. The highest BCUT2D eigenvalue weighted by Gasteiger charge is 2.13. The maximum Gasteiger partial charge on any atom is 0.0495 e. The molecular weight excluding hydrogens is 198 g/mol. The molecule has 0 fully saturated rings. The van der Waals surface area contributed by atoms with Gasteiger partial charge < -0.3 is 5.21 Å². The first-order valence-electron chi connectivity index (χ1n) is 5.85. The number of hydrogen-bond donors (Lipinski definition) is 1. The highest BCUT2D eigenvalue weighted by molar-refractivity contribution is 5.64. The largest absolute Gasteiger partial charge is 0.411 e. The maximum atomic E-state index is 8.51. The van der Waals surface area contributed by atoms with E-state index in [-0.39, 0.29) is 5.41 Å². The van der Waals surface area contributed by atoms with Crippen molar-refractivity contribution in [1.82, 2.24) is 0 Å². The lowest BCUT2D eigenvalue weighted by Crippen LogP contribution is -2.11. The number of nitrogens with zero attached hydrogens (tertiary/aromatic N) is 1. The molecular formula is C14H25NO. The summed E-state index contributed by atoms with van der Waals surface area (Å²) in [6.07, 6.45) is 9.22. The van der Waals surface area contributed by atoms with Crippen LogP contribution in [0.4, 0.5) is 0 Å². The van der Waals surface area contributed by atoms with Gasteiger partial charge in [0.2, 0.25) is 0 Å². The Labute approximate surface area is 99.7 Å². The van der Waals surface area contributed by atoms with Crippen molar-refractivity contribution in [2.24, 2.45) is 10.6 Å². The molecule has 0 unspecified atom stereocenters. The minimum Gasteiger partial charge on any atom is -0.411 e. The summed E-state index contributed by atoms with van der Waals surface area (Å²) in [5, 5.41) is 11.6. The molecule has 0 radical (unpaired) electrons. The summed E-state index contributed by atoms with van der Waals surface area (Å²) in [5.74, 6) is 0. The Bertz CT molecular complexity index is 281. The third-order valence-corrected chi connectivity index (χ3v) is 2.48. The molecule has 0 saturated carbocycles. The molecule has 1 N–H and O–H groups in total. The van der Waals surface area contributed by atoms with E-state index in [1.807, 2.05) is 0 Å². The van der Waals surface area contributed by atoms with Crippen molar-refractivity contribution in [1.29, 1.82) is 0 Å². The van der Waals surface area contributed by atoms with Gasteiger partial charge in [-0.05, 0) is 40.0 Å². The molecule has 0 spiro atoms. The minimum atomic E-state index is -0.0630. The predicted molar refractivity (Wildman–Crippen MR) is 71.1 cm³/mol. The predicted octanol–water partition coefficient (Wildman–Crippen LogP) is 4.56. The zero-order chi connectivity index (χ0) is 12.6. The van der Waals surface area contributed by atoms with E-state index < -0.39 is 0 Å². The fraction of sp³-hybridized carbons (Fsp3) is 0.643. The molecule has 0 aromatic heterocycles. The van der Waals surface area contributed by atoms with Crippen LogP contribution in [0, 0.1) is 5.41 Å². The van der Waals surface area contributed by atoms with E-state index in [2.05, 4.69) is 51.9 Å². The van der Waals surface area contributed by atoms with Gasteiger partial charge in [-0.15, -0.1) is 5.16 Å². The van der Waals surface area contributed by atoms with Gasteiger partial charge in [-0.3, -0.25) is 0 Å². The van der Waals surface area contributed by atoms with Crippen LogP contribution in [0.25, 0.3) is 0 Å². The van der Waals surface area contributed by atoms with E-state index in [4.69, 9.17) is 5.21 Å². The fourth-order valence-corrected chi connectivity index (χ4v) is 1.34. The summed E-state index contributed by atoms with van der Waals surface area (Å²) in [5.41, 5.74) is 2.71. The molecule has 0 heterocycles. The molecule has 0 aliphatic heterocycles. The average molecular weight is 223 g/mol. The van der Waals surface area contributed by atoms with Crippen molar-refractivity contribution in [2.45, 2.75) is 53.9 Å². The molecule has 92 valence electrons. The van der Waals surface area contributed by atoms with Crippen molar-refractivity contribution in [3.63, 3.8) is 0 Å². The van der Waals surface area contributed by atoms with Crippen LogP contribution in [-0.4, -0.2) is 11.4 Å². The molecule has 0 atom stereocenters. The van der Waals surface area contributed by atoms with E-state index in [0.717, 1.165) is 19.3 Å². The van der Waals surface area contributed by atoms with Gasteiger partial charge in [0, 0.05) is 11.6 Å². The van der Waals surface area contributed by atoms with Crippen LogP contribution in [0.5, 0.6) is 0 Å². The van der Waals surface area contributed by atoms with Crippen LogP contribution >= 0.6 is 0 Å². The fourth-order valence-electron chi connectivity index (χ4n) is 1.34. The summed E-state index contributed by atoms with van der Waals surface area (Å²) in [6.45, 7) is 10.5. The lowest BCUT2D eigenvalue weighted by molar-refractivity contribution is 0.313. The summed E-state index contributed by atoms with van der Waals surface area (Å²) in [6, 6.07) is 0. The number of allylic oxidation sites excluding steroid dienone is 4. The molecule has 2 nitrogen and oxygen atoms in total. The SMILES string of the molecule is CC(C)=CCC/C(C)=C\CC(C)(C)/C=N\O. The summed E-state index contributed by atoms with van der Waals surface area (Å²) in [4.78, 5) is 0. The number of hydrogen-bond acceptors (Lipinski definition) is 2. The van der Waals surface area contributed by atoms with Crippen molar-refractivity contribution in [3.05, 3.63) is 23.3 Å². The topological polar surface area (TPSA) is 32.6 Å². The molecule has 0 saturated heterocycles. The van der Waals surface area contributed by atoms with Crippen molar-refractivity contribution >= 4 is 6.21 Å². The van der Waals surface area contributed by atoms with Crippen LogP contribution in [0.3, 0.4) is 0 Å². The van der Waals surface area contributed by atoms with Gasteiger partial charge in [0.25, 0.3) is 0 Å². The number of rotatable bonds is 6. The Hall–Kier alpha value is -1.05. The summed E-state index contributed by atoms with van der Waals surface area (Å²) < 4.78 is 0. The Morgan fingerprint density at radius 3 is 2.31 bits per heavy atom. The third-order valence-electron chi connectivity index (χ3n) is 2.48. The summed E-state index contributed by atoms with van der Waals surface area (Å²) in [7, 11) is 0. The molecule has 0 aliphatic rings. The molecule has 2 heteroatoms. The minimum absolute atomic E-state index is 0.0630. The highest BCUT2D eigenvalue weighted by atomic mass is 16.4. The molecule has 0 bridgehead atoms. The second-order valence-corrected chi connectivity index (χ2v) is 5.31. The first kappa shape index (κ1) is 14.9. The highest BCUT2D eigenvalue weighted by Crippen LogP contribution is 2.20. The van der Waals surface area contributed by atoms with Gasteiger partial charge in [0.1, 0.15) is 0 Å². The van der Waals surface area contributed by atoms with E-state index in [1.165, 1.54) is 11.1 Å². The Balaban J connectivity index is 4.09. The van der Waals surface area contributed by atoms with Crippen molar-refractivity contribution < 1.29 is 5.21 Å². The van der Waals surface area contributed by atoms with Crippen LogP contribution in [0.1, 0.15) is 53.9 Å². The maximum absolute atomic E-state index is 8.51. The van der Waals surface area contributed by atoms with Gasteiger partial charge in [-0.2, -0.15) is 0 Å². The standard InChI is InChI=1S/C14H25NO/c1-12(2)7-6-8-13(3)9-10-14(4,5)11-15-16/h7,9,11,16H,6,8,10H2,1-5H3/b13-9-,15-11-. The molecule has 0 aliphatic carbocycles. The van der Waals surface area contributed by atoms with Crippen LogP contribution in [0.15, 0.2) is 28.5 Å². The van der Waals surface area contributed by atoms with Gasteiger partial charge in [0.05, 0.1) is 0 Å². The Morgan fingerprint density at radius 1 is 1.19 bits per heavy atom. The Morgan fingerprint density at radius 2 is 1.81 bits per heavy atom. The zero-order valence-electron chi connectivity index (χ0n) is 11.2. The third kappa shape index (κ3) is 8.27. The quantitative estimate of drug-likeness (QED) is 0.304. The monoisotopic (exact) mass is 223 g/mol. The molecule has 0 rings (SSSR count). The van der Waals surface area contributed by atoms with Crippen molar-refractivity contribution in [3.8, 4) is 0 Å². The van der Waals surface area contributed by atoms with E-state index in [9.17, 15) is 0 Å². The van der Waals surface area contributed by atoms with Gasteiger partial charge in [-0.25, -0.2) is 0 Å². The second kappa shape index (κ2) is 7.26. The number of oxime groups is 1. The van der Waals surface area contributed by atoms with E-state index in [0.29, 0.717) is 0 Å². The summed E-state index contributed by atoms with van der Waals surface area (Å²) >= 11 is 0. The molecule has 0 aromatic carbocycles. The lowest BCUT2D eigenvalue weighted by atomic mass is 9.89. The molecule has 0 aromatic rings. The first-order chi connectivity index (χ1) is 7.37. The van der Waals surface area contributed by atoms with Gasteiger partial charge in [-0.1, -0.05) is 37.1 Å². The van der Waals surface area contributed by atoms with E-state index in [1.54, 1.807) is 6.21 Å². The average Bonchev–Trinajstić information content (AvgIpc) is 2.14. The smallest absolute Gasteiger partial charge is 0.0495 e.